The lowest BCUT2D eigenvalue weighted by molar-refractivity contribution is -0.387. The lowest BCUT2D eigenvalue weighted by Crippen LogP contribution is -2.52. The average Bonchev–Trinajstić information content (AvgIpc) is 2.40. The second-order valence-corrected chi connectivity index (χ2v) is 5.15. The second-order valence-electron chi connectivity index (χ2n) is 5.15. The van der Waals surface area contributed by atoms with E-state index in [4.69, 9.17) is 0 Å². The molecule has 114 valence electrons. The van der Waals surface area contributed by atoms with E-state index in [0.29, 0.717) is 31.8 Å². The molecule has 1 unspecified atom stereocenters. The highest BCUT2D eigenvalue weighted by Gasteiger charge is 2.31. The van der Waals surface area contributed by atoms with Crippen LogP contribution in [0, 0.1) is 21.7 Å². The maximum absolute atomic E-state index is 14.0. The van der Waals surface area contributed by atoms with Crippen molar-refractivity contribution < 1.29 is 18.5 Å². The summed E-state index contributed by atoms with van der Waals surface area (Å²) >= 11 is 0. The summed E-state index contributed by atoms with van der Waals surface area (Å²) in [6.07, 6.45) is 0. The Morgan fingerprint density at radius 2 is 2.05 bits per heavy atom. The number of nitro benzene ring substituents is 1. The first-order valence-electron chi connectivity index (χ1n) is 6.44. The Kier molecular flexibility index (Phi) is 4.17. The second kappa shape index (κ2) is 5.72. The van der Waals surface area contributed by atoms with Gasteiger partial charge in [-0.2, -0.15) is 4.39 Å². The molecule has 1 aromatic carbocycles. The van der Waals surface area contributed by atoms with Crippen LogP contribution in [-0.2, 0) is 0 Å². The molecule has 1 aliphatic rings. The molecule has 0 bridgehead atoms. The molecule has 0 aromatic heterocycles. The predicted molar refractivity (Wildman–Crippen MR) is 71.0 cm³/mol. The Morgan fingerprint density at radius 1 is 1.38 bits per heavy atom. The fourth-order valence-electron chi connectivity index (χ4n) is 2.46. The molecule has 0 radical (unpaired) electrons. The molecule has 0 N–H and O–H groups in total. The summed E-state index contributed by atoms with van der Waals surface area (Å²) in [5, 5.41) is 10.7. The standard InChI is InChI=1S/C13H15F2N3O3/c1-8-7-16(2)3-4-17(8)13(19)10-5-9(14)6-11(12(10)15)18(20)21/h5-6,8H,3-4,7H2,1-2H3. The highest BCUT2D eigenvalue weighted by Crippen LogP contribution is 2.24. The number of carbonyl (C=O) groups is 1. The van der Waals surface area contributed by atoms with Gasteiger partial charge in [-0.3, -0.25) is 14.9 Å². The number of nitrogens with zero attached hydrogens (tertiary/aromatic N) is 3. The van der Waals surface area contributed by atoms with Crippen molar-refractivity contribution in [2.24, 2.45) is 0 Å². The van der Waals surface area contributed by atoms with Crippen molar-refractivity contribution in [3.63, 3.8) is 0 Å². The van der Waals surface area contributed by atoms with Crippen molar-refractivity contribution >= 4 is 11.6 Å². The molecule has 0 saturated carbocycles. The van der Waals surface area contributed by atoms with Gasteiger partial charge >= 0.3 is 5.69 Å². The van der Waals surface area contributed by atoms with Crippen molar-refractivity contribution in [3.05, 3.63) is 39.4 Å². The van der Waals surface area contributed by atoms with Gasteiger partial charge in [-0.15, -0.1) is 0 Å². The van der Waals surface area contributed by atoms with E-state index < -0.39 is 33.7 Å². The number of nitro groups is 1. The molecular formula is C13H15F2N3O3. The number of benzene rings is 1. The van der Waals surface area contributed by atoms with E-state index in [0.717, 1.165) is 0 Å². The van der Waals surface area contributed by atoms with E-state index in [1.165, 1.54) is 4.90 Å². The zero-order valence-electron chi connectivity index (χ0n) is 11.7. The summed E-state index contributed by atoms with van der Waals surface area (Å²) in [6, 6.07) is 0.993. The Morgan fingerprint density at radius 3 is 2.62 bits per heavy atom. The lowest BCUT2D eigenvalue weighted by atomic mass is 10.1. The van der Waals surface area contributed by atoms with Crippen LogP contribution in [0.4, 0.5) is 14.5 Å². The van der Waals surface area contributed by atoms with Gasteiger partial charge < -0.3 is 9.80 Å². The molecule has 1 aromatic rings. The van der Waals surface area contributed by atoms with E-state index in [1.807, 2.05) is 11.9 Å². The molecule has 0 aliphatic carbocycles. The summed E-state index contributed by atoms with van der Waals surface area (Å²) < 4.78 is 27.5. The quantitative estimate of drug-likeness (QED) is 0.615. The van der Waals surface area contributed by atoms with Crippen molar-refractivity contribution in [3.8, 4) is 0 Å². The zero-order valence-corrected chi connectivity index (χ0v) is 11.7. The molecule has 21 heavy (non-hydrogen) atoms. The van der Waals surface area contributed by atoms with Crippen molar-refractivity contribution in [1.29, 1.82) is 0 Å². The van der Waals surface area contributed by atoms with Crippen molar-refractivity contribution in [1.82, 2.24) is 9.80 Å². The molecule has 8 heteroatoms. The Balaban J connectivity index is 2.37. The third-order valence-corrected chi connectivity index (χ3v) is 3.54. The van der Waals surface area contributed by atoms with Gasteiger partial charge in [-0.25, -0.2) is 4.39 Å². The number of halogens is 2. The van der Waals surface area contributed by atoms with Crippen LogP contribution in [0.5, 0.6) is 0 Å². The summed E-state index contributed by atoms with van der Waals surface area (Å²) in [4.78, 5) is 25.4. The summed E-state index contributed by atoms with van der Waals surface area (Å²) in [6.45, 7) is 3.36. The van der Waals surface area contributed by atoms with Gasteiger partial charge in [0.1, 0.15) is 5.82 Å². The third-order valence-electron chi connectivity index (χ3n) is 3.54. The van der Waals surface area contributed by atoms with Gasteiger partial charge in [0.05, 0.1) is 16.6 Å². The highest BCUT2D eigenvalue weighted by atomic mass is 19.1. The van der Waals surface area contributed by atoms with Crippen molar-refractivity contribution in [2.75, 3.05) is 26.7 Å². The lowest BCUT2D eigenvalue weighted by Gasteiger charge is -2.38. The Hall–Kier alpha value is -2.09. The van der Waals surface area contributed by atoms with E-state index in [1.54, 1.807) is 6.92 Å². The van der Waals surface area contributed by atoms with E-state index in [2.05, 4.69) is 0 Å². The summed E-state index contributed by atoms with van der Waals surface area (Å²) in [7, 11) is 1.89. The maximum Gasteiger partial charge on any atom is 0.308 e. The normalized spacial score (nSPS) is 19.6. The number of likely N-dealkylation sites (N-methyl/N-ethyl adjacent to an activating group) is 1. The molecule has 1 heterocycles. The van der Waals surface area contributed by atoms with E-state index in [-0.39, 0.29) is 6.04 Å². The monoisotopic (exact) mass is 299 g/mol. The molecule has 6 nitrogen and oxygen atoms in total. The number of piperazine rings is 1. The minimum atomic E-state index is -1.29. The first-order valence-corrected chi connectivity index (χ1v) is 6.44. The van der Waals surface area contributed by atoms with Gasteiger partial charge in [0.25, 0.3) is 5.91 Å². The molecule has 1 saturated heterocycles. The minimum Gasteiger partial charge on any atom is -0.333 e. The summed E-state index contributed by atoms with van der Waals surface area (Å²) in [5.41, 5.74) is -1.63. The van der Waals surface area contributed by atoms with Crippen LogP contribution in [0.15, 0.2) is 12.1 Å². The smallest absolute Gasteiger partial charge is 0.308 e. The Labute approximate surface area is 120 Å². The van der Waals surface area contributed by atoms with E-state index in [9.17, 15) is 23.7 Å². The van der Waals surface area contributed by atoms with E-state index >= 15 is 0 Å². The first kappa shape index (κ1) is 15.3. The van der Waals surface area contributed by atoms with Crippen LogP contribution in [0.2, 0.25) is 0 Å². The molecule has 1 fully saturated rings. The van der Waals surface area contributed by atoms with Gasteiger partial charge in [0.2, 0.25) is 5.82 Å². The fraction of sp³-hybridized carbons (Fsp3) is 0.462. The van der Waals surface area contributed by atoms with Gasteiger partial charge in [-0.05, 0) is 20.0 Å². The largest absolute Gasteiger partial charge is 0.333 e. The number of amides is 1. The first-order chi connectivity index (χ1) is 9.81. The number of hydrogen-bond donors (Lipinski definition) is 0. The molecule has 0 spiro atoms. The minimum absolute atomic E-state index is 0.182. The van der Waals surface area contributed by atoms with Crippen molar-refractivity contribution in [2.45, 2.75) is 13.0 Å². The molecule has 1 amide bonds. The maximum atomic E-state index is 14.0. The Bertz CT molecular complexity index is 594. The van der Waals surface area contributed by atoms with Crippen LogP contribution in [-0.4, -0.2) is 53.4 Å². The molecule has 2 rings (SSSR count). The average molecular weight is 299 g/mol. The molecule has 1 aliphatic heterocycles. The fourth-order valence-corrected chi connectivity index (χ4v) is 2.46. The third kappa shape index (κ3) is 2.99. The number of hydrogen-bond acceptors (Lipinski definition) is 4. The highest BCUT2D eigenvalue weighted by molar-refractivity contribution is 5.95. The van der Waals surface area contributed by atoms with Crippen LogP contribution in [0.1, 0.15) is 17.3 Å². The number of carbonyl (C=O) groups excluding carboxylic acids is 1. The molecule has 1 atom stereocenters. The van der Waals surface area contributed by atoms with Gasteiger partial charge in [0, 0.05) is 25.7 Å². The van der Waals surface area contributed by atoms with Crippen LogP contribution >= 0.6 is 0 Å². The van der Waals surface area contributed by atoms with Crippen LogP contribution in [0.25, 0.3) is 0 Å². The topological polar surface area (TPSA) is 66.7 Å². The SMILES string of the molecule is CC1CN(C)CCN1C(=O)c1cc(F)cc([N+](=O)[O-])c1F. The van der Waals surface area contributed by atoms with Crippen LogP contribution in [0.3, 0.4) is 0 Å². The van der Waals surface area contributed by atoms with Crippen LogP contribution < -0.4 is 0 Å². The predicted octanol–water partition coefficient (Wildman–Crippen LogP) is 1.65. The summed E-state index contributed by atoms with van der Waals surface area (Å²) in [5.74, 6) is -3.03. The van der Waals surface area contributed by atoms with Gasteiger partial charge in [0.15, 0.2) is 0 Å². The number of rotatable bonds is 2. The molecular weight excluding hydrogens is 284 g/mol. The van der Waals surface area contributed by atoms with Gasteiger partial charge in [-0.1, -0.05) is 0 Å². The zero-order chi connectivity index (χ0) is 15.7.